The lowest BCUT2D eigenvalue weighted by Crippen LogP contribution is -2.73. The topological polar surface area (TPSA) is 262 Å². The van der Waals surface area contributed by atoms with Gasteiger partial charge in [0.05, 0.1) is 18.4 Å². The number of hydrogen-bond donors (Lipinski definition) is 5. The van der Waals surface area contributed by atoms with Crippen LogP contribution in [0.1, 0.15) is 37.1 Å². The van der Waals surface area contributed by atoms with E-state index in [1.165, 1.54) is 11.6 Å². The van der Waals surface area contributed by atoms with Crippen molar-refractivity contribution >= 4 is 50.3 Å². The van der Waals surface area contributed by atoms with Crippen molar-refractivity contribution in [2.45, 2.75) is 62.5 Å². The van der Waals surface area contributed by atoms with Crippen LogP contribution < -0.4 is 16.8 Å². The van der Waals surface area contributed by atoms with Crippen molar-refractivity contribution in [3.63, 3.8) is 0 Å². The Morgan fingerprint density at radius 3 is 2.59 bits per heavy atom. The van der Waals surface area contributed by atoms with Crippen LogP contribution in [0.25, 0.3) is 0 Å². The maximum absolute atomic E-state index is 13.3. The lowest BCUT2D eigenvalue weighted by Gasteiger charge is -2.43. The molecule has 0 spiro atoms. The fraction of sp³-hybridized carbons (Fsp3) is 0.571. The number of thiazole rings is 1. The summed E-state index contributed by atoms with van der Waals surface area (Å²) in [5, 5.41) is 25.8. The lowest BCUT2D eigenvalue weighted by atomic mass is 9.98. The van der Waals surface area contributed by atoms with Gasteiger partial charge in [-0.3, -0.25) is 19.0 Å². The zero-order chi connectivity index (χ0) is 29.5. The molecule has 2 aliphatic heterocycles. The minimum Gasteiger partial charge on any atom is -0.478 e. The second kappa shape index (κ2) is 10.9. The van der Waals surface area contributed by atoms with Crippen LogP contribution in [0, 0.1) is 0 Å². The first-order chi connectivity index (χ1) is 19.4. The second-order valence-corrected chi connectivity index (χ2v) is 12.3. The molecule has 2 aromatic heterocycles. The predicted molar refractivity (Wildman–Crippen MR) is 140 cm³/mol. The summed E-state index contributed by atoms with van der Waals surface area (Å²) in [7, 11) is -4.98. The van der Waals surface area contributed by atoms with Crippen LogP contribution in [0.15, 0.2) is 16.7 Å². The number of oxime groups is 1. The van der Waals surface area contributed by atoms with Gasteiger partial charge < -0.3 is 26.7 Å². The number of β-lactam (4-membered cyclic amide) rings is 1. The zero-order valence-corrected chi connectivity index (χ0v) is 23.1. The molecule has 3 aliphatic rings. The first-order valence-corrected chi connectivity index (χ1v) is 14.8. The normalized spacial score (nSPS) is 23.2. The zero-order valence-electron chi connectivity index (χ0n) is 21.5. The molecule has 3 fully saturated rings. The molecule has 1 aliphatic carbocycles. The lowest BCUT2D eigenvalue weighted by molar-refractivity contribution is -0.165. The van der Waals surface area contributed by atoms with Crippen molar-refractivity contribution in [2.75, 3.05) is 18.8 Å². The number of likely N-dealkylation sites (tertiary alicyclic amines) is 1. The first kappa shape index (κ1) is 28.8. The molecule has 5 rings (SSSR count). The van der Waals surface area contributed by atoms with E-state index in [1.807, 2.05) is 4.90 Å². The third-order valence-corrected chi connectivity index (χ3v) is 8.72. The van der Waals surface area contributed by atoms with Crippen molar-refractivity contribution in [2.24, 2.45) is 10.9 Å². The summed E-state index contributed by atoms with van der Waals surface area (Å²) in [4.78, 5) is 50.6. The number of carbonyl (C=O) groups excluding carboxylic acids is 2. The molecule has 222 valence electrons. The van der Waals surface area contributed by atoms with Gasteiger partial charge in [-0.05, 0) is 12.8 Å². The molecule has 2 aromatic rings. The molecular weight excluding hydrogens is 584 g/mol. The summed E-state index contributed by atoms with van der Waals surface area (Å²) in [6, 6.07) is -2.64. The van der Waals surface area contributed by atoms with Gasteiger partial charge in [0.1, 0.15) is 17.8 Å². The van der Waals surface area contributed by atoms with Crippen LogP contribution in [-0.4, -0.2) is 108 Å². The third kappa shape index (κ3) is 5.86. The van der Waals surface area contributed by atoms with Crippen molar-refractivity contribution in [1.29, 1.82) is 0 Å². The highest BCUT2D eigenvalue weighted by molar-refractivity contribution is 7.84. The van der Waals surface area contributed by atoms with Gasteiger partial charge >= 0.3 is 16.3 Å². The van der Waals surface area contributed by atoms with E-state index in [-0.39, 0.29) is 40.6 Å². The summed E-state index contributed by atoms with van der Waals surface area (Å²) in [6.07, 6.45) is 3.01. The van der Waals surface area contributed by atoms with E-state index >= 15 is 0 Å². The van der Waals surface area contributed by atoms with E-state index < -0.39 is 51.5 Å². The van der Waals surface area contributed by atoms with Gasteiger partial charge in [-0.25, -0.2) is 14.1 Å². The molecule has 1 saturated carbocycles. The van der Waals surface area contributed by atoms with Gasteiger partial charge in [0.2, 0.25) is 5.60 Å². The fourth-order valence-electron chi connectivity index (χ4n) is 5.00. The molecule has 0 bridgehead atoms. The molecular formula is C21H28N10O8S2. The quantitative estimate of drug-likeness (QED) is 0.0779. The highest BCUT2D eigenvalue weighted by Crippen LogP contribution is 2.34. The highest BCUT2D eigenvalue weighted by Gasteiger charge is 2.55. The number of nitrogen functional groups attached to an aromatic ring is 1. The Labute approximate surface area is 237 Å². The fourth-order valence-corrected chi connectivity index (χ4v) is 6.42. The van der Waals surface area contributed by atoms with E-state index in [9.17, 15) is 32.5 Å². The van der Waals surface area contributed by atoms with Gasteiger partial charge in [0.25, 0.3) is 11.8 Å². The number of nitrogens with zero attached hydrogens (tertiary/aromatic N) is 7. The number of nitrogens with one attached hydrogen (secondary N) is 1. The van der Waals surface area contributed by atoms with Crippen LogP contribution in [0.4, 0.5) is 5.13 Å². The van der Waals surface area contributed by atoms with E-state index in [0.717, 1.165) is 16.1 Å². The van der Waals surface area contributed by atoms with E-state index in [2.05, 4.69) is 25.7 Å². The molecule has 2 amide bonds. The standard InChI is InChI=1S/C21H28N10O8S2/c22-11-6-29(7-11)8-12-5-24-30(27-12)9-14-16(18(33)31(14)41(36,37)38)26-17(32)15(13-10-40-20(23)25-13)28-39-21(19(34)35)3-1-2-4-21/h5,10-11,14,16H,1-4,6-9,22H2,(H2,23,25)(H,26,32)(H,34,35)(H,36,37,38)/b28-15-/t14-,16+/m1/s1. The number of carboxylic acids is 1. The van der Waals surface area contributed by atoms with Crippen molar-refractivity contribution in [3.05, 3.63) is 23.0 Å². The summed E-state index contributed by atoms with van der Waals surface area (Å²) in [6.45, 7) is 1.57. The van der Waals surface area contributed by atoms with Gasteiger partial charge in [-0.1, -0.05) is 5.16 Å². The second-order valence-electron chi connectivity index (χ2n) is 10.1. The number of amides is 2. The molecule has 0 unspecified atom stereocenters. The Morgan fingerprint density at radius 2 is 2.00 bits per heavy atom. The Kier molecular flexibility index (Phi) is 7.68. The maximum Gasteiger partial charge on any atom is 0.362 e. The summed E-state index contributed by atoms with van der Waals surface area (Å²) in [5.74, 6) is -3.35. The number of carbonyl (C=O) groups is 3. The molecule has 2 atom stereocenters. The Bertz CT molecular complexity index is 1480. The third-order valence-electron chi connectivity index (χ3n) is 7.10. The molecule has 7 N–H and O–H groups in total. The minimum absolute atomic E-state index is 0.0393. The van der Waals surface area contributed by atoms with Crippen LogP contribution in [-0.2, 0) is 42.6 Å². The number of aromatic nitrogens is 4. The number of nitrogens with two attached hydrogens (primary N) is 2. The van der Waals surface area contributed by atoms with E-state index in [1.54, 1.807) is 0 Å². The molecule has 20 heteroatoms. The monoisotopic (exact) mass is 612 g/mol. The van der Waals surface area contributed by atoms with Gasteiger partial charge in [0.15, 0.2) is 10.8 Å². The molecule has 4 heterocycles. The summed E-state index contributed by atoms with van der Waals surface area (Å²) in [5.41, 5.74) is 9.93. The minimum atomic E-state index is -4.98. The van der Waals surface area contributed by atoms with E-state index in [4.69, 9.17) is 16.3 Å². The van der Waals surface area contributed by atoms with Crippen LogP contribution in [0.2, 0.25) is 0 Å². The van der Waals surface area contributed by atoms with Crippen LogP contribution in [0.3, 0.4) is 0 Å². The van der Waals surface area contributed by atoms with Crippen molar-refractivity contribution in [1.82, 2.24) is 34.5 Å². The Balaban J connectivity index is 1.35. The first-order valence-electron chi connectivity index (χ1n) is 12.6. The molecule has 18 nitrogen and oxygen atoms in total. The number of carboxylic acid groups (broad SMARTS) is 1. The molecule has 0 aromatic carbocycles. The number of aliphatic carboxylic acids is 1. The Morgan fingerprint density at radius 1 is 1.29 bits per heavy atom. The van der Waals surface area contributed by atoms with E-state index in [0.29, 0.717) is 38.2 Å². The average Bonchev–Trinajstić information content (AvgIpc) is 3.63. The summed E-state index contributed by atoms with van der Waals surface area (Å²) >= 11 is 0.987. The predicted octanol–water partition coefficient (Wildman–Crippen LogP) is -2.22. The van der Waals surface area contributed by atoms with Crippen LogP contribution in [0.5, 0.6) is 0 Å². The average molecular weight is 613 g/mol. The van der Waals surface area contributed by atoms with Gasteiger partial charge in [-0.15, -0.1) is 11.3 Å². The highest BCUT2D eigenvalue weighted by atomic mass is 32.2. The summed E-state index contributed by atoms with van der Waals surface area (Å²) < 4.78 is 33.8. The number of anilines is 1. The number of rotatable bonds is 11. The van der Waals surface area contributed by atoms with Crippen LogP contribution >= 0.6 is 11.3 Å². The van der Waals surface area contributed by atoms with Crippen molar-refractivity contribution < 1.29 is 37.3 Å². The Hall–Kier alpha value is -3.72. The molecule has 41 heavy (non-hydrogen) atoms. The largest absolute Gasteiger partial charge is 0.478 e. The number of hydrogen-bond acceptors (Lipinski definition) is 14. The van der Waals surface area contributed by atoms with Crippen molar-refractivity contribution in [3.8, 4) is 0 Å². The maximum atomic E-state index is 13.3. The molecule has 2 saturated heterocycles. The molecule has 0 radical (unpaired) electrons. The smallest absolute Gasteiger partial charge is 0.362 e. The van der Waals surface area contributed by atoms with Gasteiger partial charge in [-0.2, -0.15) is 23.4 Å². The van der Waals surface area contributed by atoms with Gasteiger partial charge in [0, 0.05) is 43.9 Å². The SMILES string of the molecule is Nc1nc(/C(=N/OC2(C(=O)O)CCCC2)C(=O)N[C@@H]2C(=O)N(S(=O)(=O)O)[C@@H]2Cn2ncc(CN3CC(N)C3)n2)cs1.